The normalized spacial score (nSPS) is 16.4. The summed E-state index contributed by atoms with van der Waals surface area (Å²) in [5.74, 6) is 0.913. The summed E-state index contributed by atoms with van der Waals surface area (Å²) in [4.78, 5) is 14.8. The van der Waals surface area contributed by atoms with Gasteiger partial charge in [-0.2, -0.15) is 0 Å². The average molecular weight is 341 g/mol. The van der Waals surface area contributed by atoms with E-state index >= 15 is 0 Å². The number of rotatable bonds is 6. The first-order chi connectivity index (χ1) is 12.3. The van der Waals surface area contributed by atoms with Crippen molar-refractivity contribution in [3.8, 4) is 0 Å². The number of benzene rings is 1. The number of likely N-dealkylation sites (tertiary alicyclic amines) is 1. The highest BCUT2D eigenvalue weighted by molar-refractivity contribution is 5.90. The third-order valence-electron chi connectivity index (χ3n) is 4.81. The number of nitrogens with zero attached hydrogens (tertiary/aromatic N) is 1. The average Bonchev–Trinajstić information content (AvgIpc) is 3.18. The number of amides is 2. The molecule has 5 nitrogen and oxygen atoms in total. The van der Waals surface area contributed by atoms with Crippen LogP contribution in [0, 0.1) is 0 Å². The van der Waals surface area contributed by atoms with Crippen molar-refractivity contribution in [1.29, 1.82) is 0 Å². The molecular weight excluding hydrogens is 314 g/mol. The van der Waals surface area contributed by atoms with Gasteiger partial charge < -0.3 is 15.1 Å². The van der Waals surface area contributed by atoms with Crippen LogP contribution in [0.3, 0.4) is 0 Å². The van der Waals surface area contributed by atoms with Crippen LogP contribution in [-0.4, -0.2) is 30.6 Å². The zero-order chi connectivity index (χ0) is 17.5. The number of urea groups is 1. The predicted octanol–water partition coefficient (Wildman–Crippen LogP) is 4.19. The van der Waals surface area contributed by atoms with Crippen molar-refractivity contribution in [2.45, 2.75) is 38.6 Å². The molecule has 1 unspecified atom stereocenters. The molecule has 1 aromatic heterocycles. The molecule has 2 amide bonds. The molecule has 2 N–H and O–H groups in total. The molecule has 1 atom stereocenters. The number of furan rings is 1. The Bertz CT molecular complexity index is 663. The van der Waals surface area contributed by atoms with Gasteiger partial charge in [0.1, 0.15) is 5.76 Å². The minimum Gasteiger partial charge on any atom is -0.468 e. The molecule has 5 heteroatoms. The Labute approximate surface area is 149 Å². The van der Waals surface area contributed by atoms with Gasteiger partial charge in [0, 0.05) is 12.2 Å². The van der Waals surface area contributed by atoms with Crippen LogP contribution in [0.1, 0.15) is 43.6 Å². The van der Waals surface area contributed by atoms with Gasteiger partial charge >= 0.3 is 6.03 Å². The molecule has 0 saturated carbocycles. The first-order valence-electron chi connectivity index (χ1n) is 9.18. The van der Waals surface area contributed by atoms with Gasteiger partial charge in [0.25, 0.3) is 0 Å². The van der Waals surface area contributed by atoms with Crippen LogP contribution in [-0.2, 0) is 6.42 Å². The largest absolute Gasteiger partial charge is 0.468 e. The molecule has 0 aliphatic carbocycles. The van der Waals surface area contributed by atoms with Gasteiger partial charge in [0.05, 0.1) is 12.3 Å². The maximum Gasteiger partial charge on any atom is 0.319 e. The summed E-state index contributed by atoms with van der Waals surface area (Å²) in [6.45, 7) is 4.72. The number of piperidine rings is 1. The Morgan fingerprint density at radius 2 is 1.96 bits per heavy atom. The standard InChI is InChI=1S/C20H27N3O2/c1-2-16-9-4-5-10-17(16)22-20(24)21-15-18(19-11-8-14-25-19)23-12-6-3-7-13-23/h4-5,8-11,14,18H,2-3,6-7,12-13,15H2,1H3,(H2,21,22,24). The predicted molar refractivity (Wildman–Crippen MR) is 99.7 cm³/mol. The smallest absolute Gasteiger partial charge is 0.319 e. The van der Waals surface area contributed by atoms with Gasteiger partial charge in [-0.25, -0.2) is 4.79 Å². The molecule has 25 heavy (non-hydrogen) atoms. The van der Waals surface area contributed by atoms with Crippen molar-refractivity contribution in [3.05, 3.63) is 54.0 Å². The molecular formula is C20H27N3O2. The maximum atomic E-state index is 12.4. The van der Waals surface area contributed by atoms with E-state index in [1.165, 1.54) is 19.3 Å². The van der Waals surface area contributed by atoms with Gasteiger partial charge in [0.15, 0.2) is 0 Å². The van der Waals surface area contributed by atoms with E-state index in [0.717, 1.165) is 36.5 Å². The quantitative estimate of drug-likeness (QED) is 0.828. The van der Waals surface area contributed by atoms with Crippen molar-refractivity contribution >= 4 is 11.7 Å². The number of carbonyl (C=O) groups excluding carboxylic acids is 1. The lowest BCUT2D eigenvalue weighted by Gasteiger charge is -2.33. The minimum absolute atomic E-state index is 0.0856. The third kappa shape index (κ3) is 4.63. The lowest BCUT2D eigenvalue weighted by molar-refractivity contribution is 0.144. The lowest BCUT2D eigenvalue weighted by atomic mass is 10.1. The van der Waals surface area contributed by atoms with E-state index in [1.807, 2.05) is 36.4 Å². The Hall–Kier alpha value is -2.27. The summed E-state index contributed by atoms with van der Waals surface area (Å²) in [7, 11) is 0. The molecule has 1 saturated heterocycles. The number of nitrogens with one attached hydrogen (secondary N) is 2. The van der Waals surface area contributed by atoms with E-state index in [1.54, 1.807) is 6.26 Å². The molecule has 0 bridgehead atoms. The zero-order valence-corrected chi connectivity index (χ0v) is 14.8. The van der Waals surface area contributed by atoms with Crippen LogP contribution in [0.4, 0.5) is 10.5 Å². The van der Waals surface area contributed by atoms with Crippen LogP contribution >= 0.6 is 0 Å². The summed E-state index contributed by atoms with van der Waals surface area (Å²) in [5.41, 5.74) is 2.01. The van der Waals surface area contributed by atoms with Gasteiger partial charge in [-0.3, -0.25) is 4.90 Å². The van der Waals surface area contributed by atoms with Crippen molar-refractivity contribution < 1.29 is 9.21 Å². The molecule has 0 spiro atoms. The monoisotopic (exact) mass is 341 g/mol. The highest BCUT2D eigenvalue weighted by Gasteiger charge is 2.24. The van der Waals surface area contributed by atoms with Crippen LogP contribution in [0.25, 0.3) is 0 Å². The Kier molecular flexibility index (Phi) is 6.12. The first-order valence-corrected chi connectivity index (χ1v) is 9.18. The molecule has 1 aromatic carbocycles. The molecule has 3 rings (SSSR count). The highest BCUT2D eigenvalue weighted by Crippen LogP contribution is 2.24. The number of anilines is 1. The Balaban J connectivity index is 1.61. The zero-order valence-electron chi connectivity index (χ0n) is 14.8. The molecule has 1 aliphatic heterocycles. The topological polar surface area (TPSA) is 57.5 Å². The Morgan fingerprint density at radius 3 is 2.68 bits per heavy atom. The second kappa shape index (κ2) is 8.72. The summed E-state index contributed by atoms with van der Waals surface area (Å²) in [5, 5.41) is 5.98. The van der Waals surface area contributed by atoms with Crippen molar-refractivity contribution in [3.63, 3.8) is 0 Å². The summed E-state index contributed by atoms with van der Waals surface area (Å²) in [6, 6.07) is 11.7. The van der Waals surface area contributed by atoms with Crippen molar-refractivity contribution in [1.82, 2.24) is 10.2 Å². The van der Waals surface area contributed by atoms with E-state index in [2.05, 4.69) is 22.5 Å². The van der Waals surface area contributed by atoms with Gasteiger partial charge in [-0.15, -0.1) is 0 Å². The van der Waals surface area contributed by atoms with E-state index in [9.17, 15) is 4.79 Å². The number of carbonyl (C=O) groups is 1. The Morgan fingerprint density at radius 1 is 1.16 bits per heavy atom. The second-order valence-electron chi connectivity index (χ2n) is 6.47. The molecule has 2 aromatic rings. The van der Waals surface area contributed by atoms with Crippen LogP contribution in [0.2, 0.25) is 0 Å². The fourth-order valence-electron chi connectivity index (χ4n) is 3.43. The minimum atomic E-state index is -0.172. The molecule has 1 aliphatic rings. The van der Waals surface area contributed by atoms with E-state index < -0.39 is 0 Å². The van der Waals surface area contributed by atoms with Crippen LogP contribution in [0.5, 0.6) is 0 Å². The SMILES string of the molecule is CCc1ccccc1NC(=O)NCC(c1ccco1)N1CCCCC1. The first kappa shape index (κ1) is 17.5. The molecule has 2 heterocycles. The number of aryl methyl sites for hydroxylation is 1. The van der Waals surface area contributed by atoms with Gasteiger partial charge in [-0.1, -0.05) is 31.5 Å². The van der Waals surface area contributed by atoms with Crippen LogP contribution in [0.15, 0.2) is 47.1 Å². The fraction of sp³-hybridized carbons (Fsp3) is 0.450. The van der Waals surface area contributed by atoms with E-state index in [-0.39, 0.29) is 12.1 Å². The number of hydrogen-bond donors (Lipinski definition) is 2. The summed E-state index contributed by atoms with van der Waals surface area (Å²) >= 11 is 0. The van der Waals surface area contributed by atoms with Crippen molar-refractivity contribution in [2.24, 2.45) is 0 Å². The van der Waals surface area contributed by atoms with Gasteiger partial charge in [-0.05, 0) is 56.1 Å². The third-order valence-corrected chi connectivity index (χ3v) is 4.81. The van der Waals surface area contributed by atoms with E-state index in [4.69, 9.17) is 4.42 Å². The molecule has 134 valence electrons. The molecule has 1 fully saturated rings. The number of hydrogen-bond acceptors (Lipinski definition) is 3. The highest BCUT2D eigenvalue weighted by atomic mass is 16.3. The summed E-state index contributed by atoms with van der Waals surface area (Å²) < 4.78 is 5.62. The van der Waals surface area contributed by atoms with Crippen LogP contribution < -0.4 is 10.6 Å². The second-order valence-corrected chi connectivity index (χ2v) is 6.47. The molecule has 0 radical (unpaired) electrons. The lowest BCUT2D eigenvalue weighted by Crippen LogP contribution is -2.41. The summed E-state index contributed by atoms with van der Waals surface area (Å²) in [6.07, 6.45) is 6.27. The number of para-hydroxylation sites is 1. The van der Waals surface area contributed by atoms with Gasteiger partial charge in [0.2, 0.25) is 0 Å². The van der Waals surface area contributed by atoms with E-state index in [0.29, 0.717) is 6.54 Å². The van der Waals surface area contributed by atoms with Crippen molar-refractivity contribution in [2.75, 3.05) is 25.0 Å². The fourth-order valence-corrected chi connectivity index (χ4v) is 3.43. The maximum absolute atomic E-state index is 12.4.